The Kier molecular flexibility index (Phi) is 1.66. The molecule has 4 heteroatoms. The van der Waals surface area contributed by atoms with Gasteiger partial charge in [0.05, 0.1) is 11.1 Å². The first kappa shape index (κ1) is 6.48. The van der Waals surface area contributed by atoms with E-state index in [2.05, 4.69) is 17.6 Å². The summed E-state index contributed by atoms with van der Waals surface area (Å²) in [7, 11) is 0. The van der Waals surface area contributed by atoms with E-state index in [0.29, 0.717) is 0 Å². The lowest BCUT2D eigenvalue weighted by molar-refractivity contribution is 0.486. The van der Waals surface area contributed by atoms with E-state index in [1.54, 1.807) is 0 Å². The average Bonchev–Trinajstić information content (AvgIpc) is 1.83. The number of nitrogens with zero attached hydrogens (tertiary/aromatic N) is 1. The number of pyridine rings is 1. The molecule has 0 radical (unpaired) electrons. The Bertz CT molecular complexity index is 206. The van der Waals surface area contributed by atoms with Crippen molar-refractivity contribution in [2.75, 3.05) is 0 Å². The van der Waals surface area contributed by atoms with Crippen molar-refractivity contribution in [2.24, 2.45) is 0 Å². The Morgan fingerprint density at radius 2 is 2.00 bits per heavy atom. The molecule has 0 amide bonds. The molecule has 1 aromatic heterocycles. The summed E-state index contributed by atoms with van der Waals surface area (Å²) >= 11 is 3.59. The maximum Gasteiger partial charge on any atom is 0.178 e. The fourth-order valence-corrected chi connectivity index (χ4v) is 0.582. The molecule has 0 N–H and O–H groups in total. The van der Waals surface area contributed by atoms with Crippen molar-refractivity contribution in [3.8, 4) is 0 Å². The van der Waals surface area contributed by atoms with Gasteiger partial charge in [0.25, 0.3) is 0 Å². The molecule has 1 rings (SSSR count). The Morgan fingerprint density at radius 1 is 1.33 bits per heavy atom. The van der Waals surface area contributed by atoms with E-state index in [1.807, 2.05) is 0 Å². The lowest BCUT2D eigenvalue weighted by Gasteiger charge is -1.91. The van der Waals surface area contributed by atoms with Crippen LogP contribution in [0.5, 0.6) is 0 Å². The van der Waals surface area contributed by atoms with Crippen LogP contribution in [0.4, 0.5) is 8.78 Å². The Labute approximate surface area is 56.1 Å². The largest absolute Gasteiger partial charge is 0.260 e. The Hall–Kier alpha value is -0.640. The smallest absolute Gasteiger partial charge is 0.178 e. The van der Waals surface area contributed by atoms with Gasteiger partial charge in [0.2, 0.25) is 0 Å². The second kappa shape index (κ2) is 2.31. The highest BCUT2D eigenvalue weighted by Crippen LogP contribution is 2.11. The van der Waals surface area contributed by atoms with Crippen LogP contribution in [0.25, 0.3) is 0 Å². The Balaban J connectivity index is 3.25. The molecule has 0 saturated heterocycles. The van der Waals surface area contributed by atoms with Crippen molar-refractivity contribution in [3.63, 3.8) is 0 Å². The normalized spacial score (nSPS) is 9.67. The second-order valence-corrected chi connectivity index (χ2v) is 1.94. The lowest BCUT2D eigenvalue weighted by atomic mass is 10.4. The maximum absolute atomic E-state index is 12.2. The van der Waals surface area contributed by atoms with Crippen molar-refractivity contribution in [2.45, 2.75) is 4.90 Å². The number of rotatable bonds is 0. The van der Waals surface area contributed by atoms with Crippen LogP contribution in [0.3, 0.4) is 0 Å². The molecule has 0 atom stereocenters. The third kappa shape index (κ3) is 1.18. The third-order valence-corrected chi connectivity index (χ3v) is 1.13. The molecule has 1 aromatic rings. The van der Waals surface area contributed by atoms with Crippen LogP contribution < -0.4 is 0 Å². The summed E-state index contributed by atoms with van der Waals surface area (Å²) in [5.41, 5.74) is 0. The second-order valence-electron chi connectivity index (χ2n) is 1.45. The van der Waals surface area contributed by atoms with Gasteiger partial charge in [0.15, 0.2) is 11.6 Å². The van der Waals surface area contributed by atoms with Crippen LogP contribution in [-0.2, 0) is 0 Å². The summed E-state index contributed by atoms with van der Waals surface area (Å²) in [5, 5.41) is 0. The van der Waals surface area contributed by atoms with Crippen LogP contribution in [-0.4, -0.2) is 4.98 Å². The van der Waals surface area contributed by atoms with Gasteiger partial charge in [-0.05, 0) is 0 Å². The monoisotopic (exact) mass is 147 g/mol. The molecule has 0 unspecified atom stereocenters. The SMILES string of the molecule is Fc1cncc(S)c1F. The van der Waals surface area contributed by atoms with Crippen molar-refractivity contribution in [3.05, 3.63) is 24.0 Å². The maximum atomic E-state index is 12.2. The van der Waals surface area contributed by atoms with E-state index in [9.17, 15) is 8.78 Å². The predicted molar refractivity (Wildman–Crippen MR) is 31.4 cm³/mol. The van der Waals surface area contributed by atoms with Gasteiger partial charge in [-0.2, -0.15) is 0 Å². The van der Waals surface area contributed by atoms with Crippen LogP contribution in [0.1, 0.15) is 0 Å². The van der Waals surface area contributed by atoms with Crippen molar-refractivity contribution in [1.82, 2.24) is 4.98 Å². The molecule has 0 spiro atoms. The summed E-state index contributed by atoms with van der Waals surface area (Å²) in [5.74, 6) is -1.92. The zero-order chi connectivity index (χ0) is 6.85. The van der Waals surface area contributed by atoms with Gasteiger partial charge in [0.1, 0.15) is 0 Å². The van der Waals surface area contributed by atoms with Crippen LogP contribution in [0, 0.1) is 11.6 Å². The van der Waals surface area contributed by atoms with Gasteiger partial charge >= 0.3 is 0 Å². The lowest BCUT2D eigenvalue weighted by Crippen LogP contribution is -1.86. The van der Waals surface area contributed by atoms with Gasteiger partial charge in [0, 0.05) is 6.20 Å². The van der Waals surface area contributed by atoms with Crippen LogP contribution in [0.15, 0.2) is 17.3 Å². The zero-order valence-corrected chi connectivity index (χ0v) is 5.20. The molecule has 1 nitrogen and oxygen atoms in total. The molecule has 9 heavy (non-hydrogen) atoms. The summed E-state index contributed by atoms with van der Waals surface area (Å²) in [4.78, 5) is 3.28. The van der Waals surface area contributed by atoms with E-state index in [0.717, 1.165) is 12.4 Å². The molecular weight excluding hydrogens is 144 g/mol. The van der Waals surface area contributed by atoms with Crippen LogP contribution >= 0.6 is 12.6 Å². The number of hydrogen-bond acceptors (Lipinski definition) is 2. The van der Waals surface area contributed by atoms with E-state index in [-0.39, 0.29) is 4.90 Å². The molecule has 48 valence electrons. The summed E-state index contributed by atoms with van der Waals surface area (Å²) in [6, 6.07) is 0. The average molecular weight is 147 g/mol. The molecule has 1 heterocycles. The Morgan fingerprint density at radius 3 is 2.44 bits per heavy atom. The number of aromatic nitrogens is 1. The van der Waals surface area contributed by atoms with Crippen molar-refractivity contribution in [1.29, 1.82) is 0 Å². The first-order valence-corrected chi connectivity index (χ1v) is 2.64. The molecule has 0 aliphatic carbocycles. The fraction of sp³-hybridized carbons (Fsp3) is 0. The highest BCUT2D eigenvalue weighted by Gasteiger charge is 2.02. The minimum Gasteiger partial charge on any atom is -0.260 e. The van der Waals surface area contributed by atoms with E-state index < -0.39 is 11.6 Å². The molecule has 0 aromatic carbocycles. The molecule has 0 aliphatic rings. The highest BCUT2D eigenvalue weighted by atomic mass is 32.1. The summed E-state index contributed by atoms with van der Waals surface area (Å²) < 4.78 is 24.3. The quantitative estimate of drug-likeness (QED) is 0.550. The topological polar surface area (TPSA) is 12.9 Å². The third-order valence-electron chi connectivity index (χ3n) is 0.819. The fourth-order valence-electron chi connectivity index (χ4n) is 0.409. The van der Waals surface area contributed by atoms with Gasteiger partial charge in [-0.15, -0.1) is 12.6 Å². The minimum atomic E-state index is -0.970. The van der Waals surface area contributed by atoms with Crippen LogP contribution in [0.2, 0.25) is 0 Å². The van der Waals surface area contributed by atoms with E-state index in [1.165, 1.54) is 0 Å². The first-order chi connectivity index (χ1) is 4.22. The number of thiol groups is 1. The predicted octanol–water partition coefficient (Wildman–Crippen LogP) is 1.65. The first-order valence-electron chi connectivity index (χ1n) is 2.20. The summed E-state index contributed by atoms with van der Waals surface area (Å²) in [6.45, 7) is 0. The van der Waals surface area contributed by atoms with E-state index in [4.69, 9.17) is 0 Å². The highest BCUT2D eigenvalue weighted by molar-refractivity contribution is 7.80. The molecule has 0 fully saturated rings. The van der Waals surface area contributed by atoms with Crippen molar-refractivity contribution < 1.29 is 8.78 Å². The number of hydrogen-bond donors (Lipinski definition) is 1. The number of halogens is 2. The van der Waals surface area contributed by atoms with E-state index >= 15 is 0 Å². The molecule has 0 saturated carbocycles. The molecule has 0 bridgehead atoms. The van der Waals surface area contributed by atoms with Gasteiger partial charge < -0.3 is 0 Å². The zero-order valence-electron chi connectivity index (χ0n) is 4.31. The molecular formula is C5H3F2NS. The van der Waals surface area contributed by atoms with Gasteiger partial charge in [-0.25, -0.2) is 8.78 Å². The van der Waals surface area contributed by atoms with Gasteiger partial charge in [-0.1, -0.05) is 0 Å². The molecule has 0 aliphatic heterocycles. The minimum absolute atomic E-state index is 0.0741. The standard InChI is InChI=1S/C5H3F2NS/c6-3-1-8-2-4(9)5(3)7/h1-2,9H. The van der Waals surface area contributed by atoms with Crippen molar-refractivity contribution >= 4 is 12.6 Å². The summed E-state index contributed by atoms with van der Waals surface area (Å²) in [6.07, 6.45) is 1.94. The van der Waals surface area contributed by atoms with Gasteiger partial charge in [-0.3, -0.25) is 4.98 Å².